The monoisotopic (exact) mass is 288 g/mol. The van der Waals surface area contributed by atoms with E-state index in [0.717, 1.165) is 18.4 Å². The van der Waals surface area contributed by atoms with Crippen LogP contribution >= 0.6 is 0 Å². The van der Waals surface area contributed by atoms with Crippen LogP contribution in [0.25, 0.3) is 0 Å². The molecule has 0 unspecified atom stereocenters. The lowest BCUT2D eigenvalue weighted by atomic mass is 9.87. The van der Waals surface area contributed by atoms with Gasteiger partial charge < -0.3 is 11.1 Å². The Morgan fingerprint density at radius 2 is 1.67 bits per heavy atom. The molecule has 3 N–H and O–H groups in total. The summed E-state index contributed by atoms with van der Waals surface area (Å²) in [7, 11) is 0. The molecule has 2 heteroatoms. The van der Waals surface area contributed by atoms with E-state index in [9.17, 15) is 0 Å². The van der Waals surface area contributed by atoms with E-state index in [0.29, 0.717) is 6.67 Å². The first-order valence-corrected chi connectivity index (χ1v) is 7.76. The first-order chi connectivity index (χ1) is 9.94. The second kappa shape index (κ2) is 10.2. The zero-order valence-electron chi connectivity index (χ0n) is 14.6. The Labute approximate surface area is 131 Å². The molecule has 0 saturated heterocycles. The average molecular weight is 288 g/mol. The number of nitrogens with one attached hydrogen (secondary N) is 1. The lowest BCUT2D eigenvalue weighted by molar-refractivity contribution is 0.875. The first kappa shape index (κ1) is 19.5. The molecular formula is C19H32N2. The fourth-order valence-corrected chi connectivity index (χ4v) is 2.27. The molecule has 2 nitrogen and oxygen atoms in total. The predicted octanol–water partition coefficient (Wildman–Crippen LogP) is 4.98. The molecule has 0 radical (unpaired) electrons. The number of hydrogen-bond acceptors (Lipinski definition) is 2. The Kier molecular flexibility index (Phi) is 9.48. The van der Waals surface area contributed by atoms with Gasteiger partial charge in [-0.15, -0.1) is 0 Å². The molecule has 0 rings (SSSR count). The standard InChI is InChI=1S/C19H32N2/c1-8-11-17(15(6)9-2)18(12-21-13-20)19(14(4)5)16(7)10-3/h8,11-12,21H,4,9-10,13,20H2,1-3,5-7H3/b11-8-,17-15-,18-12+,19-16-. The highest BCUT2D eigenvalue weighted by Crippen LogP contribution is 2.31. The molecule has 0 aliphatic rings. The largest absolute Gasteiger partial charge is 0.378 e. The third-order valence-electron chi connectivity index (χ3n) is 3.63. The van der Waals surface area contributed by atoms with Gasteiger partial charge in [0.05, 0.1) is 6.67 Å². The quantitative estimate of drug-likeness (QED) is 0.488. The molecule has 0 bridgehead atoms. The summed E-state index contributed by atoms with van der Waals surface area (Å²) in [4.78, 5) is 0. The summed E-state index contributed by atoms with van der Waals surface area (Å²) in [5.41, 5.74) is 13.1. The Hall–Kier alpha value is -1.54. The highest BCUT2D eigenvalue weighted by atomic mass is 14.9. The van der Waals surface area contributed by atoms with E-state index in [4.69, 9.17) is 5.73 Å². The van der Waals surface area contributed by atoms with Crippen molar-refractivity contribution >= 4 is 0 Å². The summed E-state index contributed by atoms with van der Waals surface area (Å²) < 4.78 is 0. The van der Waals surface area contributed by atoms with Crippen LogP contribution in [0, 0.1) is 0 Å². The van der Waals surface area contributed by atoms with Crippen LogP contribution in [0.3, 0.4) is 0 Å². The van der Waals surface area contributed by atoms with Gasteiger partial charge in [0.1, 0.15) is 0 Å². The van der Waals surface area contributed by atoms with Crippen LogP contribution in [0.15, 0.2) is 58.4 Å². The van der Waals surface area contributed by atoms with Gasteiger partial charge in [0.2, 0.25) is 0 Å². The number of rotatable bonds is 8. The van der Waals surface area contributed by atoms with E-state index in [1.54, 1.807) is 0 Å². The van der Waals surface area contributed by atoms with Crippen molar-refractivity contribution in [3.8, 4) is 0 Å². The molecule has 0 aliphatic carbocycles. The zero-order valence-corrected chi connectivity index (χ0v) is 14.6. The maximum atomic E-state index is 5.62. The minimum Gasteiger partial charge on any atom is -0.378 e. The summed E-state index contributed by atoms with van der Waals surface area (Å²) in [5.74, 6) is 0. The van der Waals surface area contributed by atoms with Gasteiger partial charge in [-0.3, -0.25) is 0 Å². The Morgan fingerprint density at radius 1 is 1.10 bits per heavy atom. The normalized spacial score (nSPS) is 14.9. The molecule has 0 spiro atoms. The molecule has 0 amide bonds. The fraction of sp³-hybridized carbons (Fsp3) is 0.474. The van der Waals surface area contributed by atoms with Gasteiger partial charge in [0.25, 0.3) is 0 Å². The molecule has 118 valence electrons. The van der Waals surface area contributed by atoms with Crippen LogP contribution in [-0.2, 0) is 0 Å². The third-order valence-corrected chi connectivity index (χ3v) is 3.63. The molecule has 0 atom stereocenters. The molecule has 0 aliphatic heterocycles. The van der Waals surface area contributed by atoms with Crippen molar-refractivity contribution < 1.29 is 0 Å². The Balaban J connectivity index is 6.30. The van der Waals surface area contributed by atoms with Crippen molar-refractivity contribution in [2.75, 3.05) is 6.67 Å². The lowest BCUT2D eigenvalue weighted by Crippen LogP contribution is -2.17. The van der Waals surface area contributed by atoms with Gasteiger partial charge in [-0.25, -0.2) is 0 Å². The summed E-state index contributed by atoms with van der Waals surface area (Å²) in [6.45, 7) is 17.4. The zero-order chi connectivity index (χ0) is 16.4. The van der Waals surface area contributed by atoms with E-state index in [1.165, 1.54) is 27.9 Å². The maximum Gasteiger partial charge on any atom is 0.0622 e. The predicted molar refractivity (Wildman–Crippen MR) is 95.9 cm³/mol. The lowest BCUT2D eigenvalue weighted by Gasteiger charge is -2.19. The van der Waals surface area contributed by atoms with E-state index in [2.05, 4.69) is 58.7 Å². The van der Waals surface area contributed by atoms with Gasteiger partial charge in [-0.1, -0.05) is 49.3 Å². The molecule has 21 heavy (non-hydrogen) atoms. The number of allylic oxidation sites excluding steroid dienone is 8. The van der Waals surface area contributed by atoms with Crippen LogP contribution in [0.2, 0.25) is 0 Å². The van der Waals surface area contributed by atoms with Crippen LogP contribution in [-0.4, -0.2) is 6.67 Å². The first-order valence-electron chi connectivity index (χ1n) is 7.76. The van der Waals surface area contributed by atoms with Crippen LogP contribution in [0.1, 0.15) is 54.4 Å². The van der Waals surface area contributed by atoms with E-state index < -0.39 is 0 Å². The van der Waals surface area contributed by atoms with Gasteiger partial charge in [-0.05, 0) is 51.7 Å². The van der Waals surface area contributed by atoms with Gasteiger partial charge in [0, 0.05) is 11.8 Å². The number of nitrogens with two attached hydrogens (primary N) is 1. The van der Waals surface area contributed by atoms with E-state index in [-0.39, 0.29) is 0 Å². The molecule has 0 aromatic carbocycles. The molecule has 0 fully saturated rings. The maximum absolute atomic E-state index is 5.62. The Morgan fingerprint density at radius 3 is 2.05 bits per heavy atom. The van der Waals surface area contributed by atoms with Crippen LogP contribution in [0.4, 0.5) is 0 Å². The van der Waals surface area contributed by atoms with Gasteiger partial charge in [-0.2, -0.15) is 0 Å². The molecule has 0 aromatic heterocycles. The molecule has 0 saturated carbocycles. The third kappa shape index (κ3) is 5.76. The average Bonchev–Trinajstić information content (AvgIpc) is 2.47. The summed E-state index contributed by atoms with van der Waals surface area (Å²) in [6.07, 6.45) is 8.32. The van der Waals surface area contributed by atoms with Crippen LogP contribution in [0.5, 0.6) is 0 Å². The Bertz CT molecular complexity index is 474. The van der Waals surface area contributed by atoms with Crippen molar-refractivity contribution in [3.63, 3.8) is 0 Å². The van der Waals surface area contributed by atoms with Crippen molar-refractivity contribution in [1.82, 2.24) is 5.32 Å². The summed E-state index contributed by atoms with van der Waals surface area (Å²) in [5, 5.41) is 3.15. The van der Waals surface area contributed by atoms with E-state index in [1.807, 2.05) is 13.1 Å². The minimum absolute atomic E-state index is 0.423. The number of hydrogen-bond donors (Lipinski definition) is 2. The highest BCUT2D eigenvalue weighted by Gasteiger charge is 2.14. The minimum atomic E-state index is 0.423. The van der Waals surface area contributed by atoms with Crippen molar-refractivity contribution in [1.29, 1.82) is 0 Å². The van der Waals surface area contributed by atoms with Crippen molar-refractivity contribution in [2.45, 2.75) is 54.4 Å². The summed E-state index contributed by atoms with van der Waals surface area (Å²) in [6, 6.07) is 0. The molecule has 0 heterocycles. The van der Waals surface area contributed by atoms with Gasteiger partial charge >= 0.3 is 0 Å². The van der Waals surface area contributed by atoms with Gasteiger partial charge in [0.15, 0.2) is 0 Å². The second-order valence-electron chi connectivity index (χ2n) is 5.30. The smallest absolute Gasteiger partial charge is 0.0622 e. The van der Waals surface area contributed by atoms with Crippen LogP contribution < -0.4 is 11.1 Å². The molecule has 0 aromatic rings. The summed E-state index contributed by atoms with van der Waals surface area (Å²) >= 11 is 0. The van der Waals surface area contributed by atoms with Crippen molar-refractivity contribution in [3.05, 3.63) is 58.4 Å². The van der Waals surface area contributed by atoms with E-state index >= 15 is 0 Å². The molecular weight excluding hydrogens is 256 g/mol. The highest BCUT2D eigenvalue weighted by molar-refractivity contribution is 5.60. The fourth-order valence-electron chi connectivity index (χ4n) is 2.27. The second-order valence-corrected chi connectivity index (χ2v) is 5.30. The topological polar surface area (TPSA) is 38.0 Å². The van der Waals surface area contributed by atoms with Crippen molar-refractivity contribution in [2.24, 2.45) is 5.73 Å². The SMILES string of the molecule is C=C(C)C(=C(\C)CC)/C(=C/NCN)C(/C=C\C)=C(/C)CC.